The van der Waals surface area contributed by atoms with Gasteiger partial charge in [0.05, 0.1) is 0 Å². The van der Waals surface area contributed by atoms with Crippen molar-refractivity contribution in [3.05, 3.63) is 62.8 Å². The number of aromatic hydroxyl groups is 1. The summed E-state index contributed by atoms with van der Waals surface area (Å²) < 4.78 is 41.5. The van der Waals surface area contributed by atoms with Crippen LogP contribution in [-0.4, -0.2) is 40.0 Å². The Morgan fingerprint density at radius 2 is 1.70 bits per heavy atom. The summed E-state index contributed by atoms with van der Waals surface area (Å²) in [6, 6.07) is 0.929. The number of nitrogens with zero attached hydrogens (tertiary/aromatic N) is 2. The Morgan fingerprint density at radius 1 is 1.13 bits per heavy atom. The van der Waals surface area contributed by atoms with Gasteiger partial charge in [0.2, 0.25) is 5.43 Å². The van der Waals surface area contributed by atoms with Gasteiger partial charge in [0.1, 0.15) is 23.0 Å². The molecule has 0 aliphatic carbocycles. The zero-order valence-electron chi connectivity index (χ0n) is 16.8. The molecule has 1 aromatic heterocycles. The van der Waals surface area contributed by atoms with Crippen LogP contribution in [0.15, 0.2) is 23.1 Å². The molecule has 1 aromatic carbocycles. The van der Waals surface area contributed by atoms with Crippen molar-refractivity contribution in [1.29, 1.82) is 0 Å². The van der Waals surface area contributed by atoms with Crippen molar-refractivity contribution in [2.45, 2.75) is 33.4 Å². The first-order valence-corrected chi connectivity index (χ1v) is 9.25. The molecule has 0 atom stereocenters. The minimum Gasteiger partial charge on any atom is -0.503 e. The highest BCUT2D eigenvalue weighted by atomic mass is 19.1. The zero-order chi connectivity index (χ0) is 22.6. The normalized spacial score (nSPS) is 12.7. The molecule has 0 radical (unpaired) electrons. The summed E-state index contributed by atoms with van der Waals surface area (Å²) in [7, 11) is 1.50. The van der Waals surface area contributed by atoms with Gasteiger partial charge in [-0.2, -0.15) is 0 Å². The maximum Gasteiger partial charge on any atom is 0.274 e. The fourth-order valence-electron chi connectivity index (χ4n) is 2.76. The van der Waals surface area contributed by atoms with Crippen molar-refractivity contribution < 1.29 is 27.9 Å². The van der Waals surface area contributed by atoms with E-state index >= 15 is 0 Å². The van der Waals surface area contributed by atoms with E-state index in [-0.39, 0.29) is 12.2 Å². The molecule has 30 heavy (non-hydrogen) atoms. The van der Waals surface area contributed by atoms with E-state index in [2.05, 4.69) is 19.2 Å². The summed E-state index contributed by atoms with van der Waals surface area (Å²) >= 11 is 0. The van der Waals surface area contributed by atoms with Gasteiger partial charge in [-0.05, 0) is 0 Å². The van der Waals surface area contributed by atoms with Crippen LogP contribution in [0.5, 0.6) is 5.75 Å². The fourth-order valence-corrected chi connectivity index (χ4v) is 2.76. The number of nitrogens with one attached hydrogen (secondary N) is 1. The number of hydrogen-bond acceptors (Lipinski definition) is 4. The second kappa shape index (κ2) is 9.47. The van der Waals surface area contributed by atoms with Gasteiger partial charge in [-0.15, -0.1) is 0 Å². The van der Waals surface area contributed by atoms with Crippen molar-refractivity contribution in [1.82, 2.24) is 14.8 Å². The predicted molar refractivity (Wildman–Crippen MR) is 103 cm³/mol. The maximum absolute atomic E-state index is 13.6. The third-order valence-electron chi connectivity index (χ3n) is 4.26. The molecule has 2 heterocycles. The Kier molecular flexibility index (Phi) is 7.25. The van der Waals surface area contributed by atoms with Gasteiger partial charge in [0, 0.05) is 50.6 Å². The first kappa shape index (κ1) is 23.0. The zero-order valence-corrected chi connectivity index (χ0v) is 16.8. The van der Waals surface area contributed by atoms with Crippen LogP contribution in [0.4, 0.5) is 13.2 Å². The monoisotopic (exact) mass is 425 g/mol. The second-order valence-electron chi connectivity index (χ2n) is 6.73. The number of likely N-dealkylation sites (N-methyl/N-ethyl adjacent to an activating group) is 1. The lowest BCUT2D eigenvalue weighted by atomic mass is 10.1. The van der Waals surface area contributed by atoms with E-state index in [9.17, 15) is 32.7 Å². The van der Waals surface area contributed by atoms with Crippen LogP contribution in [0.2, 0.25) is 0 Å². The van der Waals surface area contributed by atoms with E-state index in [0.29, 0.717) is 18.7 Å². The summed E-state index contributed by atoms with van der Waals surface area (Å²) in [5.41, 5.74) is -2.39. The number of carbonyl (C=O) groups excluding carboxylic acids is 2. The highest BCUT2D eigenvalue weighted by Crippen LogP contribution is 2.20. The molecule has 2 amide bonds. The summed E-state index contributed by atoms with van der Waals surface area (Å²) in [6.07, 6.45) is 2.36. The molecule has 3 rings (SSSR count). The van der Waals surface area contributed by atoms with E-state index in [4.69, 9.17) is 0 Å². The smallest absolute Gasteiger partial charge is 0.274 e. The van der Waals surface area contributed by atoms with Gasteiger partial charge in [-0.25, -0.2) is 13.2 Å². The third-order valence-corrected chi connectivity index (χ3v) is 4.26. The molecule has 0 unspecified atom stereocenters. The predicted octanol–water partition coefficient (Wildman–Crippen LogP) is 2.40. The van der Waals surface area contributed by atoms with Crippen molar-refractivity contribution >= 4 is 11.8 Å². The number of benzene rings is 1. The van der Waals surface area contributed by atoms with Gasteiger partial charge in [-0.1, -0.05) is 20.3 Å². The minimum absolute atomic E-state index is 0.235. The number of carbonyl (C=O) groups is 2. The van der Waals surface area contributed by atoms with Crippen LogP contribution in [-0.2, 0) is 13.1 Å². The largest absolute Gasteiger partial charge is 0.503 e. The van der Waals surface area contributed by atoms with Crippen LogP contribution in [0.25, 0.3) is 0 Å². The molecule has 1 aliphatic heterocycles. The van der Waals surface area contributed by atoms with Crippen molar-refractivity contribution in [3.63, 3.8) is 0 Å². The van der Waals surface area contributed by atoms with E-state index in [1.54, 1.807) is 0 Å². The molecule has 0 spiro atoms. The average Bonchev–Trinajstić information content (AvgIpc) is 2.66. The molecule has 2 N–H and O–H groups in total. The Morgan fingerprint density at radius 3 is 2.27 bits per heavy atom. The minimum atomic E-state index is -1.19. The Labute approximate surface area is 170 Å². The maximum atomic E-state index is 13.6. The number of amides is 2. The van der Waals surface area contributed by atoms with E-state index in [0.717, 1.165) is 6.20 Å². The molecule has 0 saturated carbocycles. The van der Waals surface area contributed by atoms with Gasteiger partial charge in [-0.3, -0.25) is 14.4 Å². The third kappa shape index (κ3) is 4.64. The first-order chi connectivity index (χ1) is 14.1. The standard InChI is InChI=1S/C17H14F3N3O4.C3H8/c1-22-2-3-23-7-10(14(24)15(25)13(23)17(22)27)16(26)21-6-9-11(19)4-8(18)5-12(9)20;1-3-2/h4-5,7,25H,2-3,6H2,1H3,(H,21,26);3H2,1-2H3. The summed E-state index contributed by atoms with van der Waals surface area (Å²) in [4.78, 5) is 37.9. The van der Waals surface area contributed by atoms with Crippen LogP contribution >= 0.6 is 0 Å². The Hall–Kier alpha value is -3.30. The molecule has 0 saturated heterocycles. The number of fused-ring (bicyclic) bond motifs is 1. The van der Waals surface area contributed by atoms with Crippen molar-refractivity contribution in [2.75, 3.05) is 13.6 Å². The Balaban J connectivity index is 0.00000101. The number of hydrogen-bond donors (Lipinski definition) is 2. The molecular formula is C20H22F3N3O4. The highest BCUT2D eigenvalue weighted by Gasteiger charge is 2.29. The summed E-state index contributed by atoms with van der Waals surface area (Å²) in [5, 5.41) is 12.2. The van der Waals surface area contributed by atoms with E-state index in [1.165, 1.54) is 22.9 Å². The highest BCUT2D eigenvalue weighted by molar-refractivity contribution is 5.98. The van der Waals surface area contributed by atoms with Gasteiger partial charge in [0.15, 0.2) is 11.4 Å². The van der Waals surface area contributed by atoms with Crippen LogP contribution in [0, 0.1) is 17.5 Å². The quantitative estimate of drug-likeness (QED) is 0.790. The second-order valence-corrected chi connectivity index (χ2v) is 6.73. The Bertz CT molecular complexity index is 1010. The lowest BCUT2D eigenvalue weighted by Gasteiger charge is -2.27. The van der Waals surface area contributed by atoms with Crippen LogP contribution < -0.4 is 10.7 Å². The molecule has 0 bridgehead atoms. The number of rotatable bonds is 3. The number of halogens is 3. The van der Waals surface area contributed by atoms with Crippen molar-refractivity contribution in [3.8, 4) is 5.75 Å². The lowest BCUT2D eigenvalue weighted by molar-refractivity contribution is 0.0740. The molecule has 162 valence electrons. The molecule has 1 aliphatic rings. The van der Waals surface area contributed by atoms with Gasteiger partial charge >= 0.3 is 0 Å². The summed E-state index contributed by atoms with van der Waals surface area (Å²) in [6.45, 7) is 4.16. The molecule has 0 fully saturated rings. The molecular weight excluding hydrogens is 403 g/mol. The van der Waals surface area contributed by atoms with Gasteiger partial charge < -0.3 is 19.9 Å². The fraction of sp³-hybridized carbons (Fsp3) is 0.350. The summed E-state index contributed by atoms with van der Waals surface area (Å²) in [5.74, 6) is -5.93. The molecule has 7 nitrogen and oxygen atoms in total. The topological polar surface area (TPSA) is 91.6 Å². The average molecular weight is 425 g/mol. The lowest BCUT2D eigenvalue weighted by Crippen LogP contribution is -2.40. The molecule has 2 aromatic rings. The SMILES string of the molecule is CCC.CN1CCn2cc(C(=O)NCc3c(F)cc(F)cc3F)c(=O)c(O)c2C1=O. The number of pyridine rings is 1. The van der Waals surface area contributed by atoms with Crippen molar-refractivity contribution in [2.24, 2.45) is 0 Å². The number of aromatic nitrogens is 1. The van der Waals surface area contributed by atoms with Gasteiger partial charge in [0.25, 0.3) is 11.8 Å². The first-order valence-electron chi connectivity index (χ1n) is 9.25. The molecule has 10 heteroatoms. The van der Waals surface area contributed by atoms with Crippen LogP contribution in [0.1, 0.15) is 46.7 Å². The van der Waals surface area contributed by atoms with E-state index in [1.807, 2.05) is 0 Å². The van der Waals surface area contributed by atoms with E-state index < -0.39 is 58.1 Å². The van der Waals surface area contributed by atoms with Crippen LogP contribution in [0.3, 0.4) is 0 Å².